The minimum absolute atomic E-state index is 0.250. The summed E-state index contributed by atoms with van der Waals surface area (Å²) in [6.07, 6.45) is -4.25. The van der Waals surface area contributed by atoms with Crippen molar-refractivity contribution in [3.8, 4) is 0 Å². The third-order valence-corrected chi connectivity index (χ3v) is 0.356. The molecule has 0 saturated carbocycles. The van der Waals surface area contributed by atoms with Gasteiger partial charge in [-0.25, -0.2) is 18.0 Å². The number of carbonyl (C=O) groups is 1. The molecule has 0 aromatic rings. The molecule has 66 valence electrons. The molecule has 0 aliphatic rings. The highest BCUT2D eigenvalue weighted by atomic mass is 19.3. The first kappa shape index (κ1) is 12.5. The molecule has 6 heteroatoms. The lowest BCUT2D eigenvalue weighted by atomic mass is 10.5. The van der Waals surface area contributed by atoms with Crippen LogP contribution in [0.5, 0.6) is 0 Å². The number of hydrogen-bond donors (Lipinski definition) is 2. The van der Waals surface area contributed by atoms with Crippen LogP contribution in [0.25, 0.3) is 0 Å². The molecular weight excluding hydrogens is 165 g/mol. The lowest BCUT2D eigenvalue weighted by Crippen LogP contribution is -1.81. The van der Waals surface area contributed by atoms with Gasteiger partial charge in [-0.05, 0) is 6.92 Å². The van der Waals surface area contributed by atoms with Crippen LogP contribution >= 0.6 is 0 Å². The van der Waals surface area contributed by atoms with E-state index in [-0.39, 0.29) is 6.08 Å². The van der Waals surface area contributed by atoms with Crippen molar-refractivity contribution in [3.05, 3.63) is 11.9 Å². The molecule has 0 unspecified atom stereocenters. The maximum absolute atomic E-state index is 11.3. The zero-order valence-electron chi connectivity index (χ0n) is 5.59. The molecule has 3 nitrogen and oxygen atoms in total. The third kappa shape index (κ3) is 51.9. The fraction of sp³-hybridized carbons (Fsp3) is 0.400. The summed E-state index contributed by atoms with van der Waals surface area (Å²) in [5, 5.41) is 13.9. The van der Waals surface area contributed by atoms with Gasteiger partial charge in [-0.1, -0.05) is 0 Å². The Labute approximate surface area is 60.8 Å². The minimum Gasteiger partial charge on any atom is -0.450 e. The third-order valence-electron chi connectivity index (χ3n) is 0.356. The summed E-state index contributed by atoms with van der Waals surface area (Å²) in [5.74, 6) is -0.838. The molecule has 0 aromatic carbocycles. The van der Waals surface area contributed by atoms with Gasteiger partial charge in [-0.3, -0.25) is 0 Å². The molecule has 2 N–H and O–H groups in total. The smallest absolute Gasteiger partial charge is 0.450 e. The second-order valence-corrected chi connectivity index (χ2v) is 1.37. The summed E-state index contributed by atoms with van der Waals surface area (Å²) in [6, 6.07) is 0. The monoisotopic (exact) mass is 172 g/mol. The van der Waals surface area contributed by atoms with E-state index in [1.807, 2.05) is 0 Å². The van der Waals surface area contributed by atoms with E-state index in [4.69, 9.17) is 15.0 Å². The first-order chi connectivity index (χ1) is 4.86. The Kier molecular flexibility index (Phi) is 7.84. The van der Waals surface area contributed by atoms with Gasteiger partial charge < -0.3 is 10.2 Å². The molecule has 0 rings (SSSR count). The van der Waals surface area contributed by atoms with Crippen molar-refractivity contribution in [2.45, 2.75) is 13.3 Å². The van der Waals surface area contributed by atoms with E-state index < -0.39 is 18.4 Å². The summed E-state index contributed by atoms with van der Waals surface area (Å²) in [4.78, 5) is 8.56. The predicted octanol–water partition coefficient (Wildman–Crippen LogP) is 2.35. The first-order valence-electron chi connectivity index (χ1n) is 2.40. The van der Waals surface area contributed by atoms with Crippen LogP contribution in [0.15, 0.2) is 11.9 Å². The van der Waals surface area contributed by atoms with Crippen LogP contribution in [0.4, 0.5) is 18.0 Å². The van der Waals surface area contributed by atoms with Crippen LogP contribution < -0.4 is 0 Å². The number of alkyl halides is 2. The van der Waals surface area contributed by atoms with Crippen LogP contribution in [0.3, 0.4) is 0 Å². The van der Waals surface area contributed by atoms with Gasteiger partial charge in [0.15, 0.2) is 0 Å². The Bertz CT molecular complexity index is 136. The highest BCUT2D eigenvalue weighted by molar-refractivity contribution is 5.53. The van der Waals surface area contributed by atoms with Crippen LogP contribution in [-0.2, 0) is 0 Å². The van der Waals surface area contributed by atoms with Gasteiger partial charge in [-0.15, -0.1) is 0 Å². The molecule has 11 heavy (non-hydrogen) atoms. The zero-order valence-corrected chi connectivity index (χ0v) is 5.59. The Hall–Kier alpha value is -1.20. The van der Waals surface area contributed by atoms with Gasteiger partial charge in [0.1, 0.15) is 0 Å². The molecule has 0 bridgehead atoms. The van der Waals surface area contributed by atoms with Crippen LogP contribution in [0.1, 0.15) is 6.92 Å². The molecule has 0 aliphatic heterocycles. The van der Waals surface area contributed by atoms with Gasteiger partial charge in [-0.2, -0.15) is 0 Å². The van der Waals surface area contributed by atoms with Crippen LogP contribution in [-0.4, -0.2) is 22.8 Å². The molecule has 0 saturated heterocycles. The molecule has 0 aromatic heterocycles. The number of hydrogen-bond acceptors (Lipinski definition) is 1. The highest BCUT2D eigenvalue weighted by Crippen LogP contribution is 2.00. The Balaban J connectivity index is 0. The van der Waals surface area contributed by atoms with E-state index in [0.717, 1.165) is 6.92 Å². The van der Waals surface area contributed by atoms with E-state index in [0.29, 0.717) is 0 Å². The fourth-order valence-electron chi connectivity index (χ4n) is 0.174. The molecule has 0 atom stereocenters. The molecule has 0 heterocycles. The van der Waals surface area contributed by atoms with Crippen molar-refractivity contribution >= 4 is 6.16 Å². The van der Waals surface area contributed by atoms with Crippen molar-refractivity contribution in [1.82, 2.24) is 0 Å². The normalized spacial score (nSPS) is 10.5. The largest absolute Gasteiger partial charge is 0.503 e. The summed E-state index contributed by atoms with van der Waals surface area (Å²) >= 11 is 0. The van der Waals surface area contributed by atoms with Gasteiger partial charge in [0, 0.05) is 6.08 Å². The van der Waals surface area contributed by atoms with E-state index >= 15 is 0 Å². The van der Waals surface area contributed by atoms with Crippen molar-refractivity contribution in [2.75, 3.05) is 0 Å². The first-order valence-corrected chi connectivity index (χ1v) is 2.40. The fourth-order valence-corrected chi connectivity index (χ4v) is 0.174. The number of allylic oxidation sites excluding steroid dienone is 2. The molecule has 0 amide bonds. The molecule has 0 aliphatic carbocycles. The maximum Gasteiger partial charge on any atom is 0.503 e. The maximum atomic E-state index is 11.3. The van der Waals surface area contributed by atoms with Crippen molar-refractivity contribution in [2.24, 2.45) is 0 Å². The molecule has 0 spiro atoms. The predicted molar refractivity (Wildman–Crippen MR) is 31.5 cm³/mol. The lowest BCUT2D eigenvalue weighted by Gasteiger charge is -1.82. The molecular formula is C5H7F3O3. The second-order valence-electron chi connectivity index (χ2n) is 1.37. The second kappa shape index (κ2) is 6.91. The van der Waals surface area contributed by atoms with Crippen molar-refractivity contribution in [3.63, 3.8) is 0 Å². The topological polar surface area (TPSA) is 57.5 Å². The average molecular weight is 172 g/mol. The van der Waals surface area contributed by atoms with Crippen molar-refractivity contribution in [1.29, 1.82) is 0 Å². The van der Waals surface area contributed by atoms with Gasteiger partial charge in [0.05, 0.1) is 5.83 Å². The zero-order chi connectivity index (χ0) is 9.44. The van der Waals surface area contributed by atoms with Gasteiger partial charge in [0.2, 0.25) is 0 Å². The van der Waals surface area contributed by atoms with Crippen LogP contribution in [0, 0.1) is 0 Å². The number of rotatable bonds is 1. The average Bonchev–Trinajstić information content (AvgIpc) is 1.56. The standard InChI is InChI=1S/C4H5F3.CH2O3/c1-3(5)2-4(6)7;2-1(3)4/h2,4H,1H3;(H2,2,3,4). The highest BCUT2D eigenvalue weighted by Gasteiger charge is 1.94. The van der Waals surface area contributed by atoms with Crippen molar-refractivity contribution < 1.29 is 28.2 Å². The molecule has 0 fully saturated rings. The Morgan fingerprint density at radius 1 is 1.45 bits per heavy atom. The van der Waals surface area contributed by atoms with Gasteiger partial charge in [0.25, 0.3) is 6.43 Å². The summed E-state index contributed by atoms with van der Waals surface area (Å²) in [6.45, 7) is 0.978. The van der Waals surface area contributed by atoms with Gasteiger partial charge >= 0.3 is 6.16 Å². The van der Waals surface area contributed by atoms with E-state index in [9.17, 15) is 13.2 Å². The Morgan fingerprint density at radius 3 is 1.73 bits per heavy atom. The summed E-state index contributed by atoms with van der Waals surface area (Å²) < 4.78 is 33.3. The van der Waals surface area contributed by atoms with E-state index in [1.165, 1.54) is 0 Å². The lowest BCUT2D eigenvalue weighted by molar-refractivity contribution is 0.137. The Morgan fingerprint density at radius 2 is 1.73 bits per heavy atom. The minimum atomic E-state index is -2.66. The SMILES string of the molecule is CC(F)=CC(F)F.O=C(O)O. The number of halogens is 3. The van der Waals surface area contributed by atoms with E-state index in [2.05, 4.69) is 0 Å². The quantitative estimate of drug-likeness (QED) is 0.638. The summed E-state index contributed by atoms with van der Waals surface area (Å²) in [7, 11) is 0. The van der Waals surface area contributed by atoms with Crippen LogP contribution in [0.2, 0.25) is 0 Å². The summed E-state index contributed by atoms with van der Waals surface area (Å²) in [5.41, 5.74) is 0. The molecule has 0 radical (unpaired) electrons. The number of carboxylic acid groups (broad SMARTS) is 2. The van der Waals surface area contributed by atoms with E-state index in [1.54, 1.807) is 0 Å².